The van der Waals surface area contributed by atoms with Gasteiger partial charge in [0.1, 0.15) is 6.04 Å². The molecule has 3 aliphatic rings. The normalized spacial score (nSPS) is 23.6. The predicted molar refractivity (Wildman–Crippen MR) is 129 cm³/mol. The van der Waals surface area contributed by atoms with E-state index in [-0.39, 0.29) is 25.8 Å². The number of carboxylic acids is 1. The Morgan fingerprint density at radius 3 is 2.68 bits per heavy atom. The van der Waals surface area contributed by atoms with E-state index >= 15 is 0 Å². The highest BCUT2D eigenvalue weighted by atomic mass is 16.4. The summed E-state index contributed by atoms with van der Waals surface area (Å²) < 4.78 is 0. The summed E-state index contributed by atoms with van der Waals surface area (Å²) in [6.07, 6.45) is 12.6. The Kier molecular flexibility index (Phi) is 9.50. The summed E-state index contributed by atoms with van der Waals surface area (Å²) >= 11 is 0. The number of aliphatic carboxylic acids is 1. The monoisotopic (exact) mass is 475 g/mol. The van der Waals surface area contributed by atoms with E-state index in [1.54, 1.807) is 4.90 Å². The van der Waals surface area contributed by atoms with Crippen molar-refractivity contribution in [3.05, 3.63) is 17.5 Å². The van der Waals surface area contributed by atoms with Crippen molar-refractivity contribution in [3.8, 4) is 0 Å². The van der Waals surface area contributed by atoms with Crippen LogP contribution < -0.4 is 10.6 Å². The Hall–Kier alpha value is -2.42. The van der Waals surface area contributed by atoms with Gasteiger partial charge in [-0.2, -0.15) is 5.10 Å². The highest BCUT2D eigenvalue weighted by molar-refractivity contribution is 5.90. The molecular weight excluding hydrogens is 434 g/mol. The number of fused-ring (bicyclic) bond motifs is 1. The fraction of sp³-hybridized carbons (Fsp3) is 0.760. The van der Waals surface area contributed by atoms with Gasteiger partial charge >= 0.3 is 5.97 Å². The number of aromatic nitrogens is 2. The molecule has 1 unspecified atom stereocenters. The number of aromatic amines is 1. The standard InChI is InChI=1S/C24H37N5O4.CH4/c30-22(31)15-25-20(12-16-5-2-1-3-6-16)24(33)29-10-4-7-21(29)23(32)26-13-17-8-9-19-18(11-17)14-27-28-19;/h14,16-17,20-21,25H,1-13,15H2,(H,26,32)(H,27,28)(H,30,31);1H4/t17?,20-,21+;/m1./s1. The predicted octanol–water partition coefficient (Wildman–Crippen LogP) is 2.27. The lowest BCUT2D eigenvalue weighted by atomic mass is 9.84. The van der Waals surface area contributed by atoms with E-state index < -0.39 is 18.1 Å². The van der Waals surface area contributed by atoms with Gasteiger partial charge in [-0.3, -0.25) is 24.8 Å². The van der Waals surface area contributed by atoms with Gasteiger partial charge in [0.2, 0.25) is 11.8 Å². The third-order valence-corrected chi connectivity index (χ3v) is 7.61. The molecule has 1 aromatic rings. The highest BCUT2D eigenvalue weighted by Crippen LogP contribution is 2.29. The molecular formula is C25H41N5O4. The third-order valence-electron chi connectivity index (χ3n) is 7.61. The quantitative estimate of drug-likeness (QED) is 0.434. The van der Waals surface area contributed by atoms with Crippen molar-refractivity contribution in [1.29, 1.82) is 0 Å². The molecule has 1 aromatic heterocycles. The number of carboxylic acid groups (broad SMARTS) is 1. The third kappa shape index (κ3) is 6.58. The number of likely N-dealkylation sites (tertiary alicyclic amines) is 1. The number of aryl methyl sites for hydroxylation is 1. The van der Waals surface area contributed by atoms with E-state index in [0.717, 1.165) is 38.5 Å². The number of nitrogens with one attached hydrogen (secondary N) is 3. The summed E-state index contributed by atoms with van der Waals surface area (Å²) in [4.78, 5) is 39.3. The Morgan fingerprint density at radius 2 is 1.91 bits per heavy atom. The van der Waals surface area contributed by atoms with Gasteiger partial charge in [0, 0.05) is 18.8 Å². The second-order valence-corrected chi connectivity index (χ2v) is 9.98. The molecule has 2 fully saturated rings. The summed E-state index contributed by atoms with van der Waals surface area (Å²) in [7, 11) is 0. The van der Waals surface area contributed by atoms with Crippen LogP contribution >= 0.6 is 0 Å². The van der Waals surface area contributed by atoms with Crippen LogP contribution in [-0.4, -0.2) is 69.7 Å². The minimum Gasteiger partial charge on any atom is -0.480 e. The van der Waals surface area contributed by atoms with Crippen LogP contribution in [0, 0.1) is 11.8 Å². The molecule has 9 heteroatoms. The first kappa shape index (κ1) is 26.2. The van der Waals surface area contributed by atoms with E-state index in [1.165, 1.54) is 30.5 Å². The summed E-state index contributed by atoms with van der Waals surface area (Å²) in [5.41, 5.74) is 2.43. The Bertz CT molecular complexity index is 835. The Balaban J connectivity index is 0.00000324. The summed E-state index contributed by atoms with van der Waals surface area (Å²) in [6.45, 7) is 0.908. The fourth-order valence-electron chi connectivity index (χ4n) is 5.77. The van der Waals surface area contributed by atoms with Gasteiger partial charge in [-0.25, -0.2) is 0 Å². The lowest BCUT2D eigenvalue weighted by Crippen LogP contribution is -2.54. The van der Waals surface area contributed by atoms with Crippen LogP contribution in [0.4, 0.5) is 0 Å². The van der Waals surface area contributed by atoms with E-state index in [4.69, 9.17) is 5.11 Å². The second-order valence-electron chi connectivity index (χ2n) is 9.98. The number of carbonyl (C=O) groups is 3. The molecule has 2 heterocycles. The average molecular weight is 476 g/mol. The van der Waals surface area contributed by atoms with Crippen LogP contribution in [0.25, 0.3) is 0 Å². The molecule has 2 aliphatic carbocycles. The van der Waals surface area contributed by atoms with Crippen molar-refractivity contribution in [2.24, 2.45) is 11.8 Å². The first-order valence-electron chi connectivity index (χ1n) is 12.6. The van der Waals surface area contributed by atoms with Gasteiger partial charge in [0.15, 0.2) is 0 Å². The second kappa shape index (κ2) is 12.3. The van der Waals surface area contributed by atoms with E-state index in [1.807, 2.05) is 6.20 Å². The molecule has 1 saturated carbocycles. The molecule has 4 rings (SSSR count). The van der Waals surface area contributed by atoms with Gasteiger partial charge < -0.3 is 15.3 Å². The Morgan fingerprint density at radius 1 is 1.12 bits per heavy atom. The molecule has 34 heavy (non-hydrogen) atoms. The van der Waals surface area contributed by atoms with Crippen molar-refractivity contribution in [1.82, 2.24) is 25.7 Å². The van der Waals surface area contributed by atoms with Crippen molar-refractivity contribution in [2.75, 3.05) is 19.6 Å². The molecule has 1 saturated heterocycles. The van der Waals surface area contributed by atoms with E-state index in [9.17, 15) is 14.4 Å². The fourth-order valence-corrected chi connectivity index (χ4v) is 5.77. The van der Waals surface area contributed by atoms with Crippen molar-refractivity contribution in [2.45, 2.75) is 90.1 Å². The van der Waals surface area contributed by atoms with Gasteiger partial charge in [0.05, 0.1) is 18.8 Å². The molecule has 0 bridgehead atoms. The molecule has 0 radical (unpaired) electrons. The van der Waals surface area contributed by atoms with Crippen LogP contribution in [0.2, 0.25) is 0 Å². The molecule has 4 N–H and O–H groups in total. The van der Waals surface area contributed by atoms with Gasteiger partial charge in [-0.15, -0.1) is 0 Å². The van der Waals surface area contributed by atoms with E-state index in [2.05, 4.69) is 20.8 Å². The van der Waals surface area contributed by atoms with Crippen LogP contribution in [0.3, 0.4) is 0 Å². The van der Waals surface area contributed by atoms with Crippen LogP contribution in [0.1, 0.15) is 76.5 Å². The van der Waals surface area contributed by atoms with E-state index in [0.29, 0.717) is 37.8 Å². The van der Waals surface area contributed by atoms with Crippen molar-refractivity contribution in [3.63, 3.8) is 0 Å². The zero-order chi connectivity index (χ0) is 23.2. The largest absolute Gasteiger partial charge is 0.480 e. The maximum atomic E-state index is 13.4. The van der Waals surface area contributed by atoms with Gasteiger partial charge in [-0.05, 0) is 55.9 Å². The summed E-state index contributed by atoms with van der Waals surface area (Å²) in [5, 5.41) is 22.3. The molecule has 190 valence electrons. The minimum atomic E-state index is -0.972. The zero-order valence-corrected chi connectivity index (χ0v) is 19.4. The Labute approximate surface area is 202 Å². The lowest BCUT2D eigenvalue weighted by Gasteiger charge is -2.32. The minimum absolute atomic E-state index is 0. The summed E-state index contributed by atoms with van der Waals surface area (Å²) in [5.74, 6) is -0.377. The number of hydrogen-bond donors (Lipinski definition) is 4. The zero-order valence-electron chi connectivity index (χ0n) is 19.4. The van der Waals surface area contributed by atoms with Gasteiger partial charge in [-0.1, -0.05) is 39.5 Å². The van der Waals surface area contributed by atoms with Crippen molar-refractivity contribution >= 4 is 17.8 Å². The summed E-state index contributed by atoms with van der Waals surface area (Å²) in [6, 6.07) is -1.01. The van der Waals surface area contributed by atoms with Crippen LogP contribution in [0.5, 0.6) is 0 Å². The first-order valence-corrected chi connectivity index (χ1v) is 12.6. The maximum absolute atomic E-state index is 13.4. The smallest absolute Gasteiger partial charge is 0.317 e. The lowest BCUT2D eigenvalue weighted by molar-refractivity contribution is -0.141. The maximum Gasteiger partial charge on any atom is 0.317 e. The number of amides is 2. The van der Waals surface area contributed by atoms with Crippen LogP contribution in [-0.2, 0) is 27.2 Å². The SMILES string of the molecule is C.O=C(O)CN[C@H](CC1CCCCC1)C(=O)N1CCC[C@H]1C(=O)NCC1CCc2[nH]ncc2C1. The molecule has 0 spiro atoms. The topological polar surface area (TPSA) is 127 Å². The molecule has 2 amide bonds. The molecule has 9 nitrogen and oxygen atoms in total. The average Bonchev–Trinajstić information content (AvgIpc) is 3.49. The highest BCUT2D eigenvalue weighted by Gasteiger charge is 2.38. The molecule has 1 aliphatic heterocycles. The number of rotatable bonds is 9. The van der Waals surface area contributed by atoms with Crippen molar-refractivity contribution < 1.29 is 19.5 Å². The number of nitrogens with zero attached hydrogens (tertiary/aromatic N) is 2. The number of hydrogen-bond acceptors (Lipinski definition) is 5. The number of H-pyrrole nitrogens is 1. The van der Waals surface area contributed by atoms with Gasteiger partial charge in [0.25, 0.3) is 0 Å². The molecule has 0 aromatic carbocycles. The number of carbonyl (C=O) groups excluding carboxylic acids is 2. The molecule has 3 atom stereocenters. The first-order chi connectivity index (χ1) is 16.0. The van der Waals surface area contributed by atoms with Crippen LogP contribution in [0.15, 0.2) is 6.20 Å².